The molecule has 1 aliphatic heterocycles. The van der Waals surface area contributed by atoms with Gasteiger partial charge in [-0.15, -0.1) is 10.2 Å². The van der Waals surface area contributed by atoms with Crippen LogP contribution in [0.15, 0.2) is 30.5 Å². The Kier molecular flexibility index (Phi) is 5.63. The molecular formula is C18H28B8N6O2. The Morgan fingerprint density at radius 3 is 2.15 bits per heavy atom. The molecule has 1 fully saturated rings. The number of nitrogens with zero attached hydrogens (tertiary/aromatic N) is 5. The Balaban J connectivity index is 1.70. The number of aryl methyl sites for hydroxylation is 1. The van der Waals surface area contributed by atoms with Crippen LogP contribution in [0.3, 0.4) is 0 Å². The maximum Gasteiger partial charge on any atom is 0.321 e. The highest BCUT2D eigenvalue weighted by Gasteiger charge is 2.60. The first kappa shape index (κ1) is 24.6. The molecule has 1 aliphatic rings. The van der Waals surface area contributed by atoms with Crippen LogP contribution in [0.25, 0.3) is 22.2 Å². The normalized spacial score (nSPS) is 20.1. The second kappa shape index (κ2) is 7.77. The van der Waals surface area contributed by atoms with E-state index in [1.807, 2.05) is 117 Å². The van der Waals surface area contributed by atoms with Crippen LogP contribution in [0.5, 0.6) is 0 Å². The summed E-state index contributed by atoms with van der Waals surface area (Å²) in [5.74, 6) is 1.35. The summed E-state index contributed by atoms with van der Waals surface area (Å²) in [5.41, 5.74) is 2.80. The van der Waals surface area contributed by atoms with E-state index in [-0.39, 0.29) is 6.03 Å². The SMILES string of the molecule is BC1(B)OC(B)(B)C(B)(B)N(C(=O)Nc2cc3cc(-c4cnc(C)n4C)ccc3nn2)C1(B)B. The predicted octanol–water partition coefficient (Wildman–Crippen LogP) is -6.12. The third kappa shape index (κ3) is 3.70. The van der Waals surface area contributed by atoms with Gasteiger partial charge in [0.1, 0.15) is 68.6 Å². The average molecular weight is 447 g/mol. The van der Waals surface area contributed by atoms with E-state index in [2.05, 4.69) is 20.5 Å². The monoisotopic (exact) mass is 448 g/mol. The van der Waals surface area contributed by atoms with Crippen molar-refractivity contribution in [1.82, 2.24) is 24.6 Å². The maximum atomic E-state index is 13.7. The molecule has 2 amide bonds. The number of aromatic nitrogens is 4. The minimum Gasteiger partial charge on any atom is -0.402 e. The zero-order chi connectivity index (χ0) is 25.3. The molecule has 166 valence electrons. The van der Waals surface area contributed by atoms with E-state index < -0.39 is 21.5 Å². The molecule has 0 atom stereocenters. The summed E-state index contributed by atoms with van der Waals surface area (Å²) in [5, 5.41) is 10.2. The van der Waals surface area contributed by atoms with E-state index in [1.165, 1.54) is 0 Å². The van der Waals surface area contributed by atoms with Gasteiger partial charge in [0.2, 0.25) is 0 Å². The molecule has 8 nitrogen and oxygen atoms in total. The summed E-state index contributed by atoms with van der Waals surface area (Å²) in [6, 6.07) is 7.63. The number of imidazole rings is 1. The van der Waals surface area contributed by atoms with E-state index in [0.717, 1.165) is 28.0 Å². The van der Waals surface area contributed by atoms with Gasteiger partial charge < -0.3 is 14.2 Å². The number of amides is 2. The van der Waals surface area contributed by atoms with Crippen LogP contribution in [0.4, 0.5) is 10.6 Å². The Morgan fingerprint density at radius 1 is 0.971 bits per heavy atom. The molecule has 0 radical (unpaired) electrons. The third-order valence-corrected chi connectivity index (χ3v) is 8.11. The molecule has 0 saturated carbocycles. The molecule has 34 heavy (non-hydrogen) atoms. The fraction of sp³-hybridized carbons (Fsp3) is 0.333. The van der Waals surface area contributed by atoms with Gasteiger partial charge in [0.05, 0.1) is 17.4 Å². The van der Waals surface area contributed by atoms with Crippen molar-refractivity contribution in [1.29, 1.82) is 0 Å². The molecule has 0 bridgehead atoms. The lowest BCUT2D eigenvalue weighted by Crippen LogP contribution is -2.87. The molecule has 1 aromatic carbocycles. The minimum atomic E-state index is -0.578. The van der Waals surface area contributed by atoms with Gasteiger partial charge in [-0.3, -0.25) is 5.32 Å². The van der Waals surface area contributed by atoms with Crippen LogP contribution in [0, 0.1) is 6.92 Å². The number of nitrogens with one attached hydrogen (secondary N) is 1. The van der Waals surface area contributed by atoms with E-state index >= 15 is 0 Å². The van der Waals surface area contributed by atoms with Crippen LogP contribution in [0.2, 0.25) is 0 Å². The number of ether oxygens (including phenoxy) is 1. The largest absolute Gasteiger partial charge is 0.402 e. The van der Waals surface area contributed by atoms with Crippen LogP contribution in [-0.4, -0.2) is 115 Å². The van der Waals surface area contributed by atoms with E-state index in [9.17, 15) is 4.79 Å². The zero-order valence-electron chi connectivity index (χ0n) is 21.9. The van der Waals surface area contributed by atoms with Gasteiger partial charge in [0, 0.05) is 28.8 Å². The minimum absolute atomic E-state index is 0.230. The first-order valence-electron chi connectivity index (χ1n) is 11.7. The molecular weight excluding hydrogens is 419 g/mol. The molecule has 2 aromatic heterocycles. The second-order valence-corrected chi connectivity index (χ2v) is 11.3. The first-order valence-corrected chi connectivity index (χ1v) is 11.7. The highest BCUT2D eigenvalue weighted by atomic mass is 16.5. The van der Waals surface area contributed by atoms with E-state index in [0.29, 0.717) is 5.82 Å². The highest BCUT2D eigenvalue weighted by Crippen LogP contribution is 2.40. The van der Waals surface area contributed by atoms with Crippen LogP contribution >= 0.6 is 0 Å². The van der Waals surface area contributed by atoms with Gasteiger partial charge in [0.25, 0.3) is 0 Å². The van der Waals surface area contributed by atoms with Crippen molar-refractivity contribution in [3.8, 4) is 11.3 Å². The van der Waals surface area contributed by atoms with Gasteiger partial charge in [0.15, 0.2) is 5.82 Å². The lowest BCUT2D eigenvalue weighted by molar-refractivity contribution is -0.0913. The van der Waals surface area contributed by atoms with Crippen LogP contribution < -0.4 is 5.32 Å². The molecule has 0 unspecified atom stereocenters. The lowest BCUT2D eigenvalue weighted by atomic mass is 9.30. The van der Waals surface area contributed by atoms with Crippen molar-refractivity contribution in [3.63, 3.8) is 0 Å². The average Bonchev–Trinajstić information content (AvgIpc) is 3.03. The van der Waals surface area contributed by atoms with Gasteiger partial charge >= 0.3 is 6.03 Å². The molecule has 16 heteroatoms. The van der Waals surface area contributed by atoms with Gasteiger partial charge in [-0.05, 0) is 35.8 Å². The summed E-state index contributed by atoms with van der Waals surface area (Å²) in [7, 11) is 18.3. The van der Waals surface area contributed by atoms with Gasteiger partial charge in [-0.25, -0.2) is 9.78 Å². The number of anilines is 1. The zero-order valence-corrected chi connectivity index (χ0v) is 21.9. The van der Waals surface area contributed by atoms with Crippen molar-refractivity contribution in [2.24, 2.45) is 7.05 Å². The molecule has 4 rings (SSSR count). The molecule has 1 saturated heterocycles. The summed E-state index contributed by atoms with van der Waals surface area (Å²) in [4.78, 5) is 20.0. The van der Waals surface area contributed by atoms with E-state index in [4.69, 9.17) is 4.74 Å². The quantitative estimate of drug-likeness (QED) is 0.396. The van der Waals surface area contributed by atoms with Crippen LogP contribution in [-0.2, 0) is 11.8 Å². The Morgan fingerprint density at radius 2 is 1.59 bits per heavy atom. The first-order chi connectivity index (χ1) is 15.6. The maximum absolute atomic E-state index is 13.7. The number of benzene rings is 1. The Hall–Kier alpha value is -2.48. The number of hydrogen-bond acceptors (Lipinski definition) is 5. The van der Waals surface area contributed by atoms with Gasteiger partial charge in [-0.1, -0.05) is 6.07 Å². The highest BCUT2D eigenvalue weighted by molar-refractivity contribution is 6.60. The number of fused-ring (bicyclic) bond motifs is 1. The summed E-state index contributed by atoms with van der Waals surface area (Å²) in [6.07, 6.45) is 1.86. The smallest absolute Gasteiger partial charge is 0.321 e. The van der Waals surface area contributed by atoms with Crippen molar-refractivity contribution >= 4 is 85.5 Å². The third-order valence-electron chi connectivity index (χ3n) is 8.11. The Labute approximate surface area is 208 Å². The van der Waals surface area contributed by atoms with Crippen molar-refractivity contribution in [2.45, 2.75) is 28.4 Å². The molecule has 1 N–H and O–H groups in total. The number of rotatable bonds is 2. The standard InChI is InChI=1S/C18H28B8N6O2/c1-8-27-7-12(31(8)2)9-3-4-11-10(5-9)6-13(30-29-11)28-14(33)32-15(19,20)17(23,24)34-18(25,26)16(32,21)22/h3-7H,19-26H2,1-2H3,(H,28,30,33). The number of hydrogen-bond donors (Lipinski definition) is 1. The van der Waals surface area contributed by atoms with Crippen molar-refractivity contribution in [2.75, 3.05) is 5.32 Å². The van der Waals surface area contributed by atoms with Crippen LogP contribution in [0.1, 0.15) is 5.82 Å². The van der Waals surface area contributed by atoms with Crippen molar-refractivity contribution in [3.05, 3.63) is 36.3 Å². The summed E-state index contributed by atoms with van der Waals surface area (Å²) >= 11 is 0. The summed E-state index contributed by atoms with van der Waals surface area (Å²) < 4.78 is 8.54. The number of morpholine rings is 1. The summed E-state index contributed by atoms with van der Waals surface area (Å²) in [6.45, 7) is 1.97. The molecule has 0 spiro atoms. The second-order valence-electron chi connectivity index (χ2n) is 11.3. The molecule has 3 aromatic rings. The molecule has 0 aliphatic carbocycles. The van der Waals surface area contributed by atoms with E-state index in [1.54, 1.807) is 0 Å². The van der Waals surface area contributed by atoms with Gasteiger partial charge in [-0.2, -0.15) is 0 Å². The molecule has 3 heterocycles. The number of carbonyl (C=O) groups is 1. The lowest BCUT2D eigenvalue weighted by Gasteiger charge is -2.68. The topological polar surface area (TPSA) is 85.2 Å². The predicted molar refractivity (Wildman–Crippen MR) is 158 cm³/mol. The number of urea groups is 1. The fourth-order valence-electron chi connectivity index (χ4n) is 4.83. The van der Waals surface area contributed by atoms with Crippen molar-refractivity contribution < 1.29 is 9.53 Å². The number of carbonyl (C=O) groups excluding carboxylic acids is 1. The fourth-order valence-corrected chi connectivity index (χ4v) is 4.83. The Bertz CT molecular complexity index is 1270.